The highest BCUT2D eigenvalue weighted by atomic mass is 32.1. The third-order valence-corrected chi connectivity index (χ3v) is 4.54. The van der Waals surface area contributed by atoms with Crippen molar-refractivity contribution in [3.05, 3.63) is 66.2 Å². The second-order valence-electron chi connectivity index (χ2n) is 5.56. The Morgan fingerprint density at radius 3 is 2.44 bits per heavy atom. The first kappa shape index (κ1) is 18.3. The molecule has 136 valence electrons. The fourth-order valence-electron chi connectivity index (χ4n) is 2.43. The van der Waals surface area contributed by atoms with Gasteiger partial charge in [0.25, 0.3) is 11.8 Å². The van der Waals surface area contributed by atoms with Crippen LogP contribution < -0.4 is 11.1 Å². The second kappa shape index (κ2) is 8.28. The standard InChI is InChI=1S/C18H15N5O3S/c19-17(25)15(24)14(9-11-5-1-3-7-20-11)23-18(26)12-10-22-27-16(12)13-6-2-4-8-21-13/h1-8,10,14H,9H2,(H2,19,25)(H,23,26). The maximum atomic E-state index is 12.7. The molecule has 0 aliphatic heterocycles. The van der Waals surface area contributed by atoms with Crippen LogP contribution in [0, 0.1) is 0 Å². The summed E-state index contributed by atoms with van der Waals surface area (Å²) in [5, 5.41) is 2.57. The van der Waals surface area contributed by atoms with Crippen molar-refractivity contribution in [2.75, 3.05) is 0 Å². The summed E-state index contributed by atoms with van der Waals surface area (Å²) >= 11 is 1.11. The average molecular weight is 381 g/mol. The molecule has 27 heavy (non-hydrogen) atoms. The number of rotatable bonds is 7. The van der Waals surface area contributed by atoms with E-state index < -0.39 is 23.6 Å². The Labute approximate surface area is 158 Å². The summed E-state index contributed by atoms with van der Waals surface area (Å²) in [6.07, 6.45) is 4.61. The SMILES string of the molecule is NC(=O)C(=O)C(Cc1ccccn1)NC(=O)c1cnsc1-c1ccccn1. The molecule has 0 saturated heterocycles. The molecule has 2 amide bonds. The lowest BCUT2D eigenvalue weighted by Crippen LogP contribution is -2.47. The molecule has 0 aromatic carbocycles. The van der Waals surface area contributed by atoms with Gasteiger partial charge >= 0.3 is 0 Å². The number of primary amides is 1. The maximum Gasteiger partial charge on any atom is 0.287 e. The Morgan fingerprint density at radius 1 is 1.07 bits per heavy atom. The van der Waals surface area contributed by atoms with Gasteiger partial charge in [-0.15, -0.1) is 0 Å². The van der Waals surface area contributed by atoms with Crippen LogP contribution in [0.4, 0.5) is 0 Å². The largest absolute Gasteiger partial charge is 0.363 e. The number of hydrogen-bond acceptors (Lipinski definition) is 7. The Morgan fingerprint density at radius 2 is 1.81 bits per heavy atom. The monoisotopic (exact) mass is 381 g/mol. The molecule has 8 nitrogen and oxygen atoms in total. The number of nitrogens with one attached hydrogen (secondary N) is 1. The molecule has 0 radical (unpaired) electrons. The number of ketones is 1. The molecule has 3 rings (SSSR count). The maximum absolute atomic E-state index is 12.7. The van der Waals surface area contributed by atoms with E-state index in [2.05, 4.69) is 19.7 Å². The Kier molecular flexibility index (Phi) is 5.62. The van der Waals surface area contributed by atoms with Gasteiger partial charge in [0.2, 0.25) is 5.78 Å². The number of aromatic nitrogens is 3. The van der Waals surface area contributed by atoms with Crippen LogP contribution in [0.15, 0.2) is 55.0 Å². The van der Waals surface area contributed by atoms with Crippen molar-refractivity contribution in [3.63, 3.8) is 0 Å². The van der Waals surface area contributed by atoms with E-state index in [4.69, 9.17) is 5.73 Å². The normalized spacial score (nSPS) is 11.6. The topological polar surface area (TPSA) is 128 Å². The molecule has 3 heterocycles. The lowest BCUT2D eigenvalue weighted by Gasteiger charge is -2.16. The molecule has 0 aliphatic rings. The van der Waals surface area contributed by atoms with E-state index >= 15 is 0 Å². The predicted molar refractivity (Wildman–Crippen MR) is 98.7 cm³/mol. The van der Waals surface area contributed by atoms with Crippen LogP contribution in [-0.4, -0.2) is 38.0 Å². The number of nitrogens with two attached hydrogens (primary N) is 1. The highest BCUT2D eigenvalue weighted by Gasteiger charge is 2.27. The number of pyridine rings is 2. The van der Waals surface area contributed by atoms with Gasteiger partial charge in [-0.1, -0.05) is 12.1 Å². The minimum atomic E-state index is -1.12. The molecule has 0 aliphatic carbocycles. The molecule has 0 bridgehead atoms. The lowest BCUT2D eigenvalue weighted by molar-refractivity contribution is -0.137. The Hall–Kier alpha value is -3.46. The van der Waals surface area contributed by atoms with Gasteiger partial charge < -0.3 is 11.1 Å². The molecule has 0 spiro atoms. The molecular weight excluding hydrogens is 366 g/mol. The molecule has 0 saturated carbocycles. The van der Waals surface area contributed by atoms with Gasteiger partial charge in [0.1, 0.15) is 6.04 Å². The predicted octanol–water partition coefficient (Wildman–Crippen LogP) is 0.996. The van der Waals surface area contributed by atoms with Crippen LogP contribution in [0.25, 0.3) is 10.6 Å². The highest BCUT2D eigenvalue weighted by Crippen LogP contribution is 2.25. The van der Waals surface area contributed by atoms with Gasteiger partial charge in [-0.25, -0.2) is 0 Å². The quantitative estimate of drug-likeness (QED) is 0.588. The van der Waals surface area contributed by atoms with Crippen molar-refractivity contribution >= 4 is 29.1 Å². The number of hydrogen-bond donors (Lipinski definition) is 2. The van der Waals surface area contributed by atoms with E-state index in [0.29, 0.717) is 16.3 Å². The first-order valence-electron chi connectivity index (χ1n) is 7.96. The van der Waals surface area contributed by atoms with Crippen LogP contribution >= 0.6 is 11.5 Å². The number of nitrogens with zero attached hydrogens (tertiary/aromatic N) is 3. The van der Waals surface area contributed by atoms with Crippen molar-refractivity contribution in [1.29, 1.82) is 0 Å². The smallest absolute Gasteiger partial charge is 0.287 e. The summed E-state index contributed by atoms with van der Waals surface area (Å²) in [7, 11) is 0. The van der Waals surface area contributed by atoms with E-state index in [1.807, 2.05) is 0 Å². The third-order valence-electron chi connectivity index (χ3n) is 3.72. The van der Waals surface area contributed by atoms with Gasteiger partial charge in [0.15, 0.2) is 0 Å². The molecule has 3 aromatic rings. The van der Waals surface area contributed by atoms with Gasteiger partial charge in [0.05, 0.1) is 22.3 Å². The zero-order chi connectivity index (χ0) is 19.2. The Bertz CT molecular complexity index is 959. The van der Waals surface area contributed by atoms with E-state index in [-0.39, 0.29) is 12.0 Å². The summed E-state index contributed by atoms with van der Waals surface area (Å²) < 4.78 is 4.04. The number of carbonyl (C=O) groups excluding carboxylic acids is 3. The number of carbonyl (C=O) groups is 3. The summed E-state index contributed by atoms with van der Waals surface area (Å²) in [5.74, 6) is -2.55. The van der Waals surface area contributed by atoms with Crippen molar-refractivity contribution < 1.29 is 14.4 Å². The Balaban J connectivity index is 1.84. The van der Waals surface area contributed by atoms with E-state index in [9.17, 15) is 14.4 Å². The lowest BCUT2D eigenvalue weighted by atomic mass is 10.0. The fourth-order valence-corrected chi connectivity index (χ4v) is 3.15. The van der Waals surface area contributed by atoms with Crippen molar-refractivity contribution in [3.8, 4) is 10.6 Å². The molecule has 3 N–H and O–H groups in total. The fraction of sp³-hybridized carbons (Fsp3) is 0.111. The van der Waals surface area contributed by atoms with Gasteiger partial charge in [0, 0.05) is 24.5 Å². The van der Waals surface area contributed by atoms with Gasteiger partial charge in [-0.05, 0) is 35.8 Å². The highest BCUT2D eigenvalue weighted by molar-refractivity contribution is 7.10. The molecule has 0 fully saturated rings. The summed E-state index contributed by atoms with van der Waals surface area (Å²) in [4.78, 5) is 45.2. The van der Waals surface area contributed by atoms with Crippen LogP contribution in [0.5, 0.6) is 0 Å². The molecule has 3 aromatic heterocycles. The van der Waals surface area contributed by atoms with Crippen LogP contribution in [0.2, 0.25) is 0 Å². The number of amides is 2. The first-order chi connectivity index (χ1) is 13.1. The first-order valence-corrected chi connectivity index (χ1v) is 8.74. The summed E-state index contributed by atoms with van der Waals surface area (Å²) in [6.45, 7) is 0. The van der Waals surface area contributed by atoms with Crippen LogP contribution in [0.3, 0.4) is 0 Å². The van der Waals surface area contributed by atoms with Gasteiger partial charge in [-0.2, -0.15) is 4.37 Å². The van der Waals surface area contributed by atoms with E-state index in [1.54, 1.807) is 48.8 Å². The molecule has 1 atom stereocenters. The zero-order valence-corrected chi connectivity index (χ0v) is 14.8. The third kappa shape index (κ3) is 4.39. The number of Topliss-reactive ketones (excluding diaryl/α,β-unsaturated/α-hetero) is 1. The van der Waals surface area contributed by atoms with Crippen molar-refractivity contribution in [2.45, 2.75) is 12.5 Å². The minimum absolute atomic E-state index is 0.0465. The summed E-state index contributed by atoms with van der Waals surface area (Å²) in [6, 6.07) is 9.36. The van der Waals surface area contributed by atoms with Crippen LogP contribution in [-0.2, 0) is 16.0 Å². The van der Waals surface area contributed by atoms with Crippen LogP contribution in [0.1, 0.15) is 16.1 Å². The van der Waals surface area contributed by atoms with Crippen molar-refractivity contribution in [1.82, 2.24) is 19.7 Å². The second-order valence-corrected chi connectivity index (χ2v) is 6.36. The van der Waals surface area contributed by atoms with Gasteiger partial charge in [-0.3, -0.25) is 24.4 Å². The molecular formula is C18H15N5O3S. The minimum Gasteiger partial charge on any atom is -0.363 e. The zero-order valence-electron chi connectivity index (χ0n) is 14.0. The average Bonchev–Trinajstić information content (AvgIpc) is 3.18. The molecule has 9 heteroatoms. The molecule has 1 unspecified atom stereocenters. The van der Waals surface area contributed by atoms with E-state index in [1.165, 1.54) is 6.20 Å². The van der Waals surface area contributed by atoms with E-state index in [0.717, 1.165) is 11.5 Å². The summed E-state index contributed by atoms with van der Waals surface area (Å²) in [5.41, 5.74) is 6.53. The van der Waals surface area contributed by atoms with Crippen molar-refractivity contribution in [2.24, 2.45) is 5.73 Å².